The van der Waals surface area contributed by atoms with Crippen LogP contribution in [0.1, 0.15) is 23.6 Å². The van der Waals surface area contributed by atoms with Gasteiger partial charge in [0.2, 0.25) is 0 Å². The Hall–Kier alpha value is -2.46. The zero-order valence-electron chi connectivity index (χ0n) is 15.3. The van der Waals surface area contributed by atoms with E-state index in [1.54, 1.807) is 0 Å². The van der Waals surface area contributed by atoms with E-state index in [0.717, 1.165) is 5.56 Å². The second kappa shape index (κ2) is 6.03. The zero-order valence-corrected chi connectivity index (χ0v) is 15.3. The molecule has 3 aromatic carbocycles. The third-order valence-electron chi connectivity index (χ3n) is 6.31. The molecular weight excluding hydrogens is 334 g/mol. The lowest BCUT2D eigenvalue weighted by atomic mass is 9.78. The standard InChI is InChI=1S/C24H23NO2/c1-16-23(27)22(26)15-25(16)24(17-9-3-2-4-10-17)20-13-7-5-11-18(20)19-12-6-8-14-21(19)24/h2-14,16,22-23,26-27H,15H2,1H3/t16-,22-,23-/m0/s1. The van der Waals surface area contributed by atoms with Crippen molar-refractivity contribution in [2.45, 2.75) is 30.7 Å². The van der Waals surface area contributed by atoms with Crippen LogP contribution in [0.2, 0.25) is 0 Å². The van der Waals surface area contributed by atoms with Gasteiger partial charge in [-0.1, -0.05) is 78.9 Å². The van der Waals surface area contributed by atoms with E-state index in [-0.39, 0.29) is 6.04 Å². The monoisotopic (exact) mass is 357 g/mol. The molecule has 2 aliphatic rings. The molecule has 1 fully saturated rings. The molecule has 0 aromatic heterocycles. The van der Waals surface area contributed by atoms with Crippen molar-refractivity contribution in [2.24, 2.45) is 0 Å². The molecule has 0 radical (unpaired) electrons. The average Bonchev–Trinajstić information content (AvgIpc) is 3.16. The maximum Gasteiger partial charge on any atom is 0.0989 e. The van der Waals surface area contributed by atoms with Crippen LogP contribution >= 0.6 is 0 Å². The molecule has 1 saturated heterocycles. The van der Waals surface area contributed by atoms with Crippen molar-refractivity contribution in [1.29, 1.82) is 0 Å². The van der Waals surface area contributed by atoms with Gasteiger partial charge in [-0.05, 0) is 34.7 Å². The molecule has 1 aliphatic carbocycles. The Morgan fingerprint density at radius 3 is 1.81 bits per heavy atom. The second-order valence-electron chi connectivity index (χ2n) is 7.62. The van der Waals surface area contributed by atoms with Gasteiger partial charge in [0.05, 0.1) is 17.7 Å². The maximum atomic E-state index is 10.6. The van der Waals surface area contributed by atoms with Crippen molar-refractivity contribution in [2.75, 3.05) is 6.54 Å². The molecule has 0 unspecified atom stereocenters. The molecule has 27 heavy (non-hydrogen) atoms. The number of likely N-dealkylation sites (tertiary alicyclic amines) is 1. The zero-order chi connectivity index (χ0) is 18.6. The van der Waals surface area contributed by atoms with Crippen LogP contribution in [0.4, 0.5) is 0 Å². The fraction of sp³-hybridized carbons (Fsp3) is 0.250. The molecule has 0 bridgehead atoms. The summed E-state index contributed by atoms with van der Waals surface area (Å²) >= 11 is 0. The van der Waals surface area contributed by atoms with Crippen LogP contribution in [-0.2, 0) is 5.54 Å². The van der Waals surface area contributed by atoms with Crippen LogP contribution in [0.3, 0.4) is 0 Å². The van der Waals surface area contributed by atoms with Crippen LogP contribution in [0.15, 0.2) is 78.9 Å². The molecular formula is C24H23NO2. The summed E-state index contributed by atoms with van der Waals surface area (Å²) < 4.78 is 0. The Morgan fingerprint density at radius 2 is 1.30 bits per heavy atom. The smallest absolute Gasteiger partial charge is 0.0989 e. The molecule has 0 saturated carbocycles. The fourth-order valence-corrected chi connectivity index (χ4v) is 5.10. The van der Waals surface area contributed by atoms with Gasteiger partial charge in [0, 0.05) is 12.6 Å². The highest BCUT2D eigenvalue weighted by Crippen LogP contribution is 2.55. The number of hydrogen-bond acceptors (Lipinski definition) is 3. The summed E-state index contributed by atoms with van der Waals surface area (Å²) in [7, 11) is 0. The molecule has 136 valence electrons. The van der Waals surface area contributed by atoms with Gasteiger partial charge in [-0.2, -0.15) is 0 Å². The molecule has 0 spiro atoms. The van der Waals surface area contributed by atoms with Gasteiger partial charge in [0.25, 0.3) is 0 Å². The minimum atomic E-state index is -0.759. The van der Waals surface area contributed by atoms with Gasteiger partial charge in [-0.25, -0.2) is 0 Å². The largest absolute Gasteiger partial charge is 0.389 e. The minimum absolute atomic E-state index is 0.167. The topological polar surface area (TPSA) is 43.7 Å². The summed E-state index contributed by atoms with van der Waals surface area (Å²) in [6.07, 6.45) is -1.51. The number of hydrogen-bond donors (Lipinski definition) is 2. The normalized spacial score (nSPS) is 26.0. The number of benzene rings is 3. The molecule has 3 heteroatoms. The van der Waals surface area contributed by atoms with E-state index in [9.17, 15) is 10.2 Å². The predicted molar refractivity (Wildman–Crippen MR) is 106 cm³/mol. The molecule has 1 heterocycles. The van der Waals surface area contributed by atoms with Crippen molar-refractivity contribution in [3.8, 4) is 11.1 Å². The van der Waals surface area contributed by atoms with Crippen molar-refractivity contribution in [3.63, 3.8) is 0 Å². The highest BCUT2D eigenvalue weighted by atomic mass is 16.3. The Balaban J connectivity index is 1.88. The SMILES string of the molecule is C[C@H]1[C@H](O)[C@@H](O)CN1C1(c2ccccc2)c2ccccc2-c2ccccc21. The lowest BCUT2D eigenvalue weighted by molar-refractivity contribution is 0.0385. The van der Waals surface area contributed by atoms with Crippen LogP contribution in [0.5, 0.6) is 0 Å². The molecule has 2 N–H and O–H groups in total. The number of β-amino-alcohol motifs (C(OH)–C–C–N with tert-alkyl or cyclic N) is 1. The molecule has 3 atom stereocenters. The molecule has 1 aliphatic heterocycles. The molecule has 0 amide bonds. The Labute approximate surface area is 159 Å². The Kier molecular flexibility index (Phi) is 3.73. The van der Waals surface area contributed by atoms with E-state index < -0.39 is 17.7 Å². The Morgan fingerprint density at radius 1 is 0.778 bits per heavy atom. The number of aliphatic hydroxyl groups is 2. The van der Waals surface area contributed by atoms with E-state index >= 15 is 0 Å². The highest BCUT2D eigenvalue weighted by Gasteiger charge is 2.54. The van der Waals surface area contributed by atoms with Gasteiger partial charge in [-0.3, -0.25) is 4.90 Å². The summed E-state index contributed by atoms with van der Waals surface area (Å²) in [6, 6.07) is 27.3. The Bertz CT molecular complexity index is 939. The number of rotatable bonds is 2. The minimum Gasteiger partial charge on any atom is -0.389 e. The number of nitrogens with zero attached hydrogens (tertiary/aromatic N) is 1. The first-order chi connectivity index (χ1) is 13.2. The lowest BCUT2D eigenvalue weighted by Crippen LogP contribution is -2.50. The molecule has 3 aromatic rings. The first-order valence-electron chi connectivity index (χ1n) is 9.53. The van der Waals surface area contributed by atoms with E-state index in [1.807, 2.05) is 13.0 Å². The van der Waals surface area contributed by atoms with E-state index in [1.165, 1.54) is 22.3 Å². The summed E-state index contributed by atoms with van der Waals surface area (Å²) in [5, 5.41) is 21.0. The van der Waals surface area contributed by atoms with Gasteiger partial charge in [0.15, 0.2) is 0 Å². The van der Waals surface area contributed by atoms with E-state index in [4.69, 9.17) is 0 Å². The first kappa shape index (κ1) is 16.7. The van der Waals surface area contributed by atoms with Crippen LogP contribution < -0.4 is 0 Å². The second-order valence-corrected chi connectivity index (χ2v) is 7.62. The summed E-state index contributed by atoms with van der Waals surface area (Å²) in [5.41, 5.74) is 5.51. The highest BCUT2D eigenvalue weighted by molar-refractivity contribution is 5.83. The van der Waals surface area contributed by atoms with E-state index in [0.29, 0.717) is 6.54 Å². The van der Waals surface area contributed by atoms with Crippen LogP contribution in [0, 0.1) is 0 Å². The van der Waals surface area contributed by atoms with Crippen LogP contribution in [0.25, 0.3) is 11.1 Å². The number of fused-ring (bicyclic) bond motifs is 3. The lowest BCUT2D eigenvalue weighted by Gasteiger charge is -2.44. The third-order valence-corrected chi connectivity index (χ3v) is 6.31. The van der Waals surface area contributed by atoms with Gasteiger partial charge in [0.1, 0.15) is 0 Å². The van der Waals surface area contributed by atoms with Gasteiger partial charge < -0.3 is 10.2 Å². The van der Waals surface area contributed by atoms with E-state index in [2.05, 4.69) is 77.7 Å². The fourth-order valence-electron chi connectivity index (χ4n) is 5.10. The summed E-state index contributed by atoms with van der Waals surface area (Å²) in [6.45, 7) is 2.44. The van der Waals surface area contributed by atoms with Crippen molar-refractivity contribution >= 4 is 0 Å². The van der Waals surface area contributed by atoms with Gasteiger partial charge in [-0.15, -0.1) is 0 Å². The third kappa shape index (κ3) is 2.13. The number of aliphatic hydroxyl groups excluding tert-OH is 2. The summed E-state index contributed by atoms with van der Waals surface area (Å²) in [5.74, 6) is 0. The van der Waals surface area contributed by atoms with Crippen molar-refractivity contribution in [1.82, 2.24) is 4.90 Å². The van der Waals surface area contributed by atoms with Crippen LogP contribution in [-0.4, -0.2) is 39.9 Å². The van der Waals surface area contributed by atoms with Crippen molar-refractivity contribution < 1.29 is 10.2 Å². The summed E-state index contributed by atoms with van der Waals surface area (Å²) in [4.78, 5) is 2.28. The molecule has 5 rings (SSSR count). The maximum absolute atomic E-state index is 10.6. The quantitative estimate of drug-likeness (QED) is 0.739. The molecule has 3 nitrogen and oxygen atoms in total. The van der Waals surface area contributed by atoms with Gasteiger partial charge >= 0.3 is 0 Å². The predicted octanol–water partition coefficient (Wildman–Crippen LogP) is 3.38. The first-order valence-corrected chi connectivity index (χ1v) is 9.53. The average molecular weight is 357 g/mol. The van der Waals surface area contributed by atoms with Crippen molar-refractivity contribution in [3.05, 3.63) is 95.6 Å².